The van der Waals surface area contributed by atoms with Crippen LogP contribution in [0.1, 0.15) is 12.5 Å². The van der Waals surface area contributed by atoms with E-state index in [9.17, 15) is 8.42 Å². The van der Waals surface area contributed by atoms with Gasteiger partial charge >= 0.3 is 0 Å². The van der Waals surface area contributed by atoms with E-state index in [2.05, 4.69) is 4.72 Å². The number of ether oxygens (including phenoxy) is 1. The fourth-order valence-electron chi connectivity index (χ4n) is 1.93. The SMILES string of the molecule is CCOc1cccc(NS(=O)(=O)c2cc(N)ccc2C)c1. The second-order valence-electron chi connectivity index (χ2n) is 4.59. The first kappa shape index (κ1) is 15.2. The number of hydrogen-bond donors (Lipinski definition) is 2. The van der Waals surface area contributed by atoms with Crippen LogP contribution >= 0.6 is 0 Å². The van der Waals surface area contributed by atoms with Gasteiger partial charge in [-0.3, -0.25) is 4.72 Å². The lowest BCUT2D eigenvalue weighted by atomic mass is 10.2. The zero-order chi connectivity index (χ0) is 15.5. The molecular weight excluding hydrogens is 288 g/mol. The molecule has 2 rings (SSSR count). The summed E-state index contributed by atoms with van der Waals surface area (Å²) in [5.74, 6) is 0.613. The third kappa shape index (κ3) is 3.66. The first-order chi connectivity index (χ1) is 9.92. The number of rotatable bonds is 5. The number of sulfonamides is 1. The van der Waals surface area contributed by atoms with Crippen molar-refractivity contribution in [2.24, 2.45) is 0 Å². The van der Waals surface area contributed by atoms with E-state index >= 15 is 0 Å². The summed E-state index contributed by atoms with van der Waals surface area (Å²) in [6.07, 6.45) is 0. The Labute approximate surface area is 124 Å². The molecule has 0 bridgehead atoms. The molecule has 0 fully saturated rings. The molecule has 112 valence electrons. The van der Waals surface area contributed by atoms with Crippen molar-refractivity contribution >= 4 is 21.4 Å². The van der Waals surface area contributed by atoms with E-state index in [-0.39, 0.29) is 4.90 Å². The highest BCUT2D eigenvalue weighted by Gasteiger charge is 2.17. The standard InChI is InChI=1S/C15H18N2O3S/c1-3-20-14-6-4-5-13(10-14)17-21(18,19)15-9-12(16)8-7-11(15)2/h4-10,17H,3,16H2,1-2H3. The van der Waals surface area contributed by atoms with Gasteiger partial charge in [0.05, 0.1) is 17.2 Å². The lowest BCUT2D eigenvalue weighted by Gasteiger charge is -2.12. The van der Waals surface area contributed by atoms with Crippen molar-refractivity contribution in [3.05, 3.63) is 48.0 Å². The number of hydrogen-bond acceptors (Lipinski definition) is 4. The van der Waals surface area contributed by atoms with Gasteiger partial charge in [-0.2, -0.15) is 0 Å². The molecule has 0 spiro atoms. The second-order valence-corrected chi connectivity index (χ2v) is 6.24. The Bertz CT molecular complexity index is 742. The molecule has 0 aromatic heterocycles. The molecule has 0 atom stereocenters. The van der Waals surface area contributed by atoms with E-state index in [1.165, 1.54) is 6.07 Å². The minimum atomic E-state index is -3.68. The summed E-state index contributed by atoms with van der Waals surface area (Å²) in [6, 6.07) is 11.6. The quantitative estimate of drug-likeness (QED) is 0.832. The van der Waals surface area contributed by atoms with Crippen molar-refractivity contribution in [3.8, 4) is 5.75 Å². The van der Waals surface area contributed by atoms with Crippen molar-refractivity contribution < 1.29 is 13.2 Å². The lowest BCUT2D eigenvalue weighted by Crippen LogP contribution is -2.14. The zero-order valence-electron chi connectivity index (χ0n) is 12.0. The largest absolute Gasteiger partial charge is 0.494 e. The van der Waals surface area contributed by atoms with E-state index in [0.717, 1.165) is 0 Å². The Morgan fingerprint density at radius 3 is 2.67 bits per heavy atom. The van der Waals surface area contributed by atoms with Crippen LogP contribution in [0.15, 0.2) is 47.4 Å². The molecule has 3 N–H and O–H groups in total. The molecule has 0 heterocycles. The van der Waals surface area contributed by atoms with Crippen molar-refractivity contribution in [3.63, 3.8) is 0 Å². The summed E-state index contributed by atoms with van der Waals surface area (Å²) >= 11 is 0. The van der Waals surface area contributed by atoms with Crippen LogP contribution in [0.2, 0.25) is 0 Å². The third-order valence-electron chi connectivity index (χ3n) is 2.90. The highest BCUT2D eigenvalue weighted by atomic mass is 32.2. The van der Waals surface area contributed by atoms with Gasteiger partial charge in [-0.15, -0.1) is 0 Å². The van der Waals surface area contributed by atoms with Crippen molar-refractivity contribution in [2.75, 3.05) is 17.1 Å². The highest BCUT2D eigenvalue weighted by molar-refractivity contribution is 7.92. The first-order valence-corrected chi connectivity index (χ1v) is 8.02. The maximum Gasteiger partial charge on any atom is 0.262 e. The fourth-order valence-corrected chi connectivity index (χ4v) is 3.26. The average molecular weight is 306 g/mol. The van der Waals surface area contributed by atoms with Gasteiger partial charge in [0, 0.05) is 11.8 Å². The van der Waals surface area contributed by atoms with Gasteiger partial charge in [0.2, 0.25) is 0 Å². The lowest BCUT2D eigenvalue weighted by molar-refractivity contribution is 0.340. The van der Waals surface area contributed by atoms with E-state index in [1.807, 2.05) is 6.92 Å². The van der Waals surface area contributed by atoms with Crippen molar-refractivity contribution in [1.82, 2.24) is 0 Å². The molecule has 2 aromatic carbocycles. The van der Waals surface area contributed by atoms with E-state index in [4.69, 9.17) is 10.5 Å². The maximum absolute atomic E-state index is 12.4. The van der Waals surface area contributed by atoms with Gasteiger partial charge in [-0.25, -0.2) is 8.42 Å². The van der Waals surface area contributed by atoms with Crippen molar-refractivity contribution in [1.29, 1.82) is 0 Å². The number of nitrogens with two attached hydrogens (primary N) is 1. The van der Waals surface area contributed by atoms with Crippen LogP contribution in [0.4, 0.5) is 11.4 Å². The number of benzene rings is 2. The molecule has 6 heteroatoms. The van der Waals surface area contributed by atoms with Crippen LogP contribution in [0.25, 0.3) is 0 Å². The van der Waals surface area contributed by atoms with Crippen molar-refractivity contribution in [2.45, 2.75) is 18.7 Å². The summed E-state index contributed by atoms with van der Waals surface area (Å²) in [5, 5.41) is 0. The van der Waals surface area contributed by atoms with Crippen LogP contribution in [0.5, 0.6) is 5.75 Å². The molecule has 0 saturated heterocycles. The zero-order valence-corrected chi connectivity index (χ0v) is 12.8. The summed E-state index contributed by atoms with van der Waals surface area (Å²) in [5.41, 5.74) is 7.16. The highest BCUT2D eigenvalue weighted by Crippen LogP contribution is 2.23. The summed E-state index contributed by atoms with van der Waals surface area (Å²) in [4.78, 5) is 0.171. The molecule has 0 radical (unpaired) electrons. The molecule has 0 amide bonds. The predicted octanol–water partition coefficient (Wildman–Crippen LogP) is 2.78. The van der Waals surface area contributed by atoms with Gasteiger partial charge in [-0.1, -0.05) is 12.1 Å². The minimum Gasteiger partial charge on any atom is -0.494 e. The number of nitrogens with one attached hydrogen (secondary N) is 1. The molecular formula is C15H18N2O3S. The number of anilines is 2. The Kier molecular flexibility index (Phi) is 4.37. The number of nitrogen functional groups attached to an aromatic ring is 1. The molecule has 0 saturated carbocycles. The first-order valence-electron chi connectivity index (χ1n) is 6.54. The second kappa shape index (κ2) is 6.05. The topological polar surface area (TPSA) is 81.4 Å². The van der Waals surface area contributed by atoms with Crippen LogP contribution in [0, 0.1) is 6.92 Å². The van der Waals surface area contributed by atoms with Gasteiger partial charge in [-0.05, 0) is 43.7 Å². The molecule has 0 aliphatic rings. The van der Waals surface area contributed by atoms with Gasteiger partial charge in [0.1, 0.15) is 5.75 Å². The summed E-state index contributed by atoms with van der Waals surface area (Å²) in [7, 11) is -3.68. The smallest absolute Gasteiger partial charge is 0.262 e. The molecule has 0 aliphatic carbocycles. The molecule has 0 aliphatic heterocycles. The van der Waals surface area contributed by atoms with E-state index in [0.29, 0.717) is 29.3 Å². The monoisotopic (exact) mass is 306 g/mol. The Morgan fingerprint density at radius 2 is 1.95 bits per heavy atom. The third-order valence-corrected chi connectivity index (χ3v) is 4.42. The van der Waals surface area contributed by atoms with Crippen LogP contribution in [-0.4, -0.2) is 15.0 Å². The van der Waals surface area contributed by atoms with Crippen LogP contribution in [-0.2, 0) is 10.0 Å². The van der Waals surface area contributed by atoms with E-state index in [1.54, 1.807) is 43.3 Å². The van der Waals surface area contributed by atoms with E-state index < -0.39 is 10.0 Å². The summed E-state index contributed by atoms with van der Waals surface area (Å²) < 4.78 is 32.8. The van der Waals surface area contributed by atoms with Crippen LogP contribution in [0.3, 0.4) is 0 Å². The molecule has 0 unspecified atom stereocenters. The fraction of sp³-hybridized carbons (Fsp3) is 0.200. The Morgan fingerprint density at radius 1 is 1.19 bits per heavy atom. The minimum absolute atomic E-state index is 0.171. The molecule has 2 aromatic rings. The van der Waals surface area contributed by atoms with Gasteiger partial charge < -0.3 is 10.5 Å². The molecule has 5 nitrogen and oxygen atoms in total. The molecule has 21 heavy (non-hydrogen) atoms. The Hall–Kier alpha value is -2.21. The maximum atomic E-state index is 12.4. The van der Waals surface area contributed by atoms with Gasteiger partial charge in [0.25, 0.3) is 10.0 Å². The predicted molar refractivity (Wildman–Crippen MR) is 84.0 cm³/mol. The van der Waals surface area contributed by atoms with Crippen LogP contribution < -0.4 is 15.2 Å². The Balaban J connectivity index is 2.33. The number of aryl methyl sites for hydroxylation is 1. The average Bonchev–Trinajstić information content (AvgIpc) is 2.42. The normalized spacial score (nSPS) is 11.1. The van der Waals surface area contributed by atoms with Gasteiger partial charge in [0.15, 0.2) is 0 Å². The summed E-state index contributed by atoms with van der Waals surface area (Å²) in [6.45, 7) is 4.11.